The van der Waals surface area contributed by atoms with Crippen molar-refractivity contribution < 1.29 is 4.79 Å². The van der Waals surface area contributed by atoms with Crippen molar-refractivity contribution in [3.63, 3.8) is 0 Å². The molecule has 0 aromatic carbocycles. The van der Waals surface area contributed by atoms with Gasteiger partial charge in [-0.05, 0) is 31.2 Å². The lowest BCUT2D eigenvalue weighted by Gasteiger charge is -2.14. The third kappa shape index (κ3) is 3.53. The Balaban J connectivity index is 1.93. The molecule has 1 unspecified atom stereocenters. The lowest BCUT2D eigenvalue weighted by molar-refractivity contribution is 0.0781. The first-order chi connectivity index (χ1) is 9.10. The zero-order valence-corrected chi connectivity index (χ0v) is 11.7. The smallest absolute Gasteiger partial charge is 0.276 e. The molecule has 0 saturated carbocycles. The highest BCUT2D eigenvalue weighted by atomic mass is 16.2. The summed E-state index contributed by atoms with van der Waals surface area (Å²) in [6, 6.07) is 0. The van der Waals surface area contributed by atoms with E-state index in [1.165, 1.54) is 0 Å². The molecule has 2 heterocycles. The van der Waals surface area contributed by atoms with E-state index in [0.29, 0.717) is 24.1 Å². The Morgan fingerprint density at radius 3 is 3.00 bits per heavy atom. The zero-order valence-electron chi connectivity index (χ0n) is 11.7. The van der Waals surface area contributed by atoms with Gasteiger partial charge in [0.25, 0.3) is 5.91 Å². The van der Waals surface area contributed by atoms with Crippen LogP contribution in [0.5, 0.6) is 0 Å². The Morgan fingerprint density at radius 2 is 2.37 bits per heavy atom. The van der Waals surface area contributed by atoms with Crippen LogP contribution in [0.15, 0.2) is 6.20 Å². The maximum absolute atomic E-state index is 12.2. The number of likely N-dealkylation sites (tertiary alicyclic amines) is 1. The van der Waals surface area contributed by atoms with Crippen molar-refractivity contribution in [2.75, 3.05) is 19.6 Å². The first kappa shape index (κ1) is 14.0. The van der Waals surface area contributed by atoms with Gasteiger partial charge in [-0.3, -0.25) is 9.48 Å². The van der Waals surface area contributed by atoms with Gasteiger partial charge in [-0.2, -0.15) is 0 Å². The highest BCUT2D eigenvalue weighted by molar-refractivity contribution is 5.92. The van der Waals surface area contributed by atoms with Gasteiger partial charge in [0.05, 0.1) is 6.20 Å². The number of nitrogens with two attached hydrogens (primary N) is 1. The fourth-order valence-electron chi connectivity index (χ4n) is 2.27. The van der Waals surface area contributed by atoms with E-state index in [1.54, 1.807) is 10.9 Å². The van der Waals surface area contributed by atoms with E-state index in [1.807, 2.05) is 4.90 Å². The molecule has 2 N–H and O–H groups in total. The normalized spacial score (nSPS) is 19.4. The number of aryl methyl sites for hydroxylation is 1. The van der Waals surface area contributed by atoms with Gasteiger partial charge in [-0.25, -0.2) is 0 Å². The quantitative estimate of drug-likeness (QED) is 0.852. The van der Waals surface area contributed by atoms with Gasteiger partial charge in [0.1, 0.15) is 0 Å². The lowest BCUT2D eigenvalue weighted by atomic mass is 10.1. The Bertz CT molecular complexity index is 428. The second kappa shape index (κ2) is 6.14. The summed E-state index contributed by atoms with van der Waals surface area (Å²) in [4.78, 5) is 14.1. The van der Waals surface area contributed by atoms with Gasteiger partial charge in [0, 0.05) is 19.6 Å². The molecule has 1 fully saturated rings. The zero-order chi connectivity index (χ0) is 13.8. The summed E-state index contributed by atoms with van der Waals surface area (Å²) in [5.41, 5.74) is 6.08. The Labute approximate surface area is 113 Å². The predicted molar refractivity (Wildman–Crippen MR) is 72.5 cm³/mol. The molecule has 1 aromatic rings. The molecule has 0 bridgehead atoms. The van der Waals surface area contributed by atoms with E-state index in [4.69, 9.17) is 5.73 Å². The minimum absolute atomic E-state index is 0.0215. The topological polar surface area (TPSA) is 77.0 Å². The van der Waals surface area contributed by atoms with Crippen molar-refractivity contribution in [2.45, 2.75) is 33.2 Å². The SMILES string of the molecule is CC(C)CCn1cc(C(=O)N2CCC(CN)C2)nn1. The summed E-state index contributed by atoms with van der Waals surface area (Å²) >= 11 is 0. The lowest BCUT2D eigenvalue weighted by Crippen LogP contribution is -2.30. The highest BCUT2D eigenvalue weighted by Gasteiger charge is 2.27. The molecule has 1 aliphatic rings. The Morgan fingerprint density at radius 1 is 1.58 bits per heavy atom. The fourth-order valence-corrected chi connectivity index (χ4v) is 2.27. The molecule has 0 aliphatic carbocycles. The molecular weight excluding hydrogens is 242 g/mol. The van der Waals surface area contributed by atoms with Gasteiger partial charge < -0.3 is 10.6 Å². The third-order valence-corrected chi connectivity index (χ3v) is 3.60. The number of aromatic nitrogens is 3. The molecule has 0 spiro atoms. The summed E-state index contributed by atoms with van der Waals surface area (Å²) in [7, 11) is 0. The molecule has 0 radical (unpaired) electrons. The minimum atomic E-state index is -0.0215. The first-order valence-electron chi connectivity index (χ1n) is 6.99. The minimum Gasteiger partial charge on any atom is -0.337 e. The molecule has 19 heavy (non-hydrogen) atoms. The molecule has 1 atom stereocenters. The van der Waals surface area contributed by atoms with Crippen LogP contribution in [0.2, 0.25) is 0 Å². The van der Waals surface area contributed by atoms with Crippen LogP contribution in [0.3, 0.4) is 0 Å². The number of amides is 1. The summed E-state index contributed by atoms with van der Waals surface area (Å²) in [6.45, 7) is 7.31. The van der Waals surface area contributed by atoms with Crippen LogP contribution in [-0.4, -0.2) is 45.4 Å². The average molecular weight is 265 g/mol. The van der Waals surface area contributed by atoms with Crippen molar-refractivity contribution in [1.82, 2.24) is 19.9 Å². The summed E-state index contributed by atoms with van der Waals surface area (Å²) in [5, 5.41) is 7.99. The fraction of sp³-hybridized carbons (Fsp3) is 0.769. The maximum Gasteiger partial charge on any atom is 0.276 e. The van der Waals surface area contributed by atoms with E-state index in [2.05, 4.69) is 24.2 Å². The van der Waals surface area contributed by atoms with E-state index in [-0.39, 0.29) is 5.91 Å². The predicted octanol–water partition coefficient (Wildman–Crippen LogP) is 0.745. The van der Waals surface area contributed by atoms with Crippen molar-refractivity contribution in [2.24, 2.45) is 17.6 Å². The molecule has 1 aromatic heterocycles. The molecule has 2 rings (SSSR count). The van der Waals surface area contributed by atoms with Crippen molar-refractivity contribution in [3.05, 3.63) is 11.9 Å². The molecule has 6 nitrogen and oxygen atoms in total. The standard InChI is InChI=1S/C13H23N5O/c1-10(2)3-6-18-9-12(15-16-18)13(19)17-5-4-11(7-14)8-17/h9-11H,3-8,14H2,1-2H3. The molecule has 106 valence electrons. The Hall–Kier alpha value is -1.43. The van der Waals surface area contributed by atoms with Crippen molar-refractivity contribution in [3.8, 4) is 0 Å². The second-order valence-electron chi connectivity index (χ2n) is 5.69. The number of carbonyl (C=O) groups is 1. The number of hydrogen-bond acceptors (Lipinski definition) is 4. The maximum atomic E-state index is 12.2. The number of nitrogens with zero attached hydrogens (tertiary/aromatic N) is 4. The van der Waals surface area contributed by atoms with Gasteiger partial charge in [0.15, 0.2) is 5.69 Å². The van der Waals surface area contributed by atoms with Gasteiger partial charge in [-0.1, -0.05) is 19.1 Å². The molecule has 1 amide bonds. The van der Waals surface area contributed by atoms with E-state index in [9.17, 15) is 4.79 Å². The largest absolute Gasteiger partial charge is 0.337 e. The van der Waals surface area contributed by atoms with Crippen LogP contribution >= 0.6 is 0 Å². The molecule has 1 saturated heterocycles. The van der Waals surface area contributed by atoms with Crippen LogP contribution in [0, 0.1) is 11.8 Å². The number of rotatable bonds is 5. The van der Waals surface area contributed by atoms with Gasteiger partial charge >= 0.3 is 0 Å². The summed E-state index contributed by atoms with van der Waals surface area (Å²) < 4.78 is 1.75. The van der Waals surface area contributed by atoms with Crippen molar-refractivity contribution in [1.29, 1.82) is 0 Å². The van der Waals surface area contributed by atoms with Crippen molar-refractivity contribution >= 4 is 5.91 Å². The molecule has 6 heteroatoms. The van der Waals surface area contributed by atoms with Gasteiger partial charge in [-0.15, -0.1) is 5.10 Å². The summed E-state index contributed by atoms with van der Waals surface area (Å²) in [6.07, 6.45) is 3.78. The number of carbonyl (C=O) groups excluding carboxylic acids is 1. The highest BCUT2D eigenvalue weighted by Crippen LogP contribution is 2.16. The first-order valence-corrected chi connectivity index (χ1v) is 6.99. The van der Waals surface area contributed by atoms with Gasteiger partial charge in [0.2, 0.25) is 0 Å². The second-order valence-corrected chi connectivity index (χ2v) is 5.69. The third-order valence-electron chi connectivity index (χ3n) is 3.60. The Kier molecular flexibility index (Phi) is 4.52. The summed E-state index contributed by atoms with van der Waals surface area (Å²) in [5.74, 6) is 1.03. The molecule has 1 aliphatic heterocycles. The van der Waals surface area contributed by atoms with Crippen LogP contribution < -0.4 is 5.73 Å². The van der Waals surface area contributed by atoms with Crippen LogP contribution in [0.4, 0.5) is 0 Å². The number of hydrogen-bond donors (Lipinski definition) is 1. The average Bonchev–Trinajstić information content (AvgIpc) is 3.04. The molecular formula is C13H23N5O. The van der Waals surface area contributed by atoms with Crippen LogP contribution in [-0.2, 0) is 6.54 Å². The monoisotopic (exact) mass is 265 g/mol. The van der Waals surface area contributed by atoms with E-state index in [0.717, 1.165) is 32.5 Å². The van der Waals surface area contributed by atoms with Crippen LogP contribution in [0.1, 0.15) is 37.2 Å². The van der Waals surface area contributed by atoms with E-state index < -0.39 is 0 Å². The van der Waals surface area contributed by atoms with E-state index >= 15 is 0 Å². The van der Waals surface area contributed by atoms with Crippen LogP contribution in [0.25, 0.3) is 0 Å².